The summed E-state index contributed by atoms with van der Waals surface area (Å²) in [5, 5.41) is 1.31. The average molecular weight is 520 g/mol. The van der Waals surface area contributed by atoms with Crippen LogP contribution in [0.25, 0.3) is 27.9 Å². The third-order valence-corrected chi connectivity index (χ3v) is 7.38. The van der Waals surface area contributed by atoms with E-state index in [1.807, 2.05) is 42.1 Å². The Morgan fingerprint density at radius 2 is 1.85 bits per heavy atom. The molecule has 0 fully saturated rings. The molecule has 0 saturated heterocycles. The molecule has 0 unspecified atom stereocenters. The van der Waals surface area contributed by atoms with Gasteiger partial charge in [-0.25, -0.2) is 0 Å². The number of fused-ring (bicyclic) bond motifs is 5. The van der Waals surface area contributed by atoms with Crippen LogP contribution in [0, 0.1) is 0 Å². The molecule has 0 saturated carbocycles. The van der Waals surface area contributed by atoms with Crippen molar-refractivity contribution in [3.63, 3.8) is 0 Å². The quantitative estimate of drug-likeness (QED) is 0.180. The molecule has 0 amide bonds. The lowest BCUT2D eigenvalue weighted by Crippen LogP contribution is -2.25. The summed E-state index contributed by atoms with van der Waals surface area (Å²) in [7, 11) is 3.46. The fourth-order valence-corrected chi connectivity index (χ4v) is 5.49. The molecule has 4 heterocycles. The Morgan fingerprint density at radius 3 is 2.69 bits per heavy atom. The maximum atomic E-state index is 13.6. The van der Waals surface area contributed by atoms with Crippen molar-refractivity contribution in [2.45, 2.75) is 12.3 Å². The summed E-state index contributed by atoms with van der Waals surface area (Å²) in [6, 6.07) is 16.0. The molecular weight excluding hydrogens is 498 g/mol. The highest BCUT2D eigenvalue weighted by Crippen LogP contribution is 2.48. The molecule has 7 rings (SSSR count). The van der Waals surface area contributed by atoms with E-state index in [0.29, 0.717) is 27.8 Å². The van der Waals surface area contributed by atoms with Crippen LogP contribution in [0.3, 0.4) is 0 Å². The van der Waals surface area contributed by atoms with Crippen LogP contribution < -0.4 is 19.6 Å². The molecule has 0 radical (unpaired) electrons. The van der Waals surface area contributed by atoms with Gasteiger partial charge in [0.05, 0.1) is 30.7 Å². The van der Waals surface area contributed by atoms with Crippen LogP contribution in [0.1, 0.15) is 39.4 Å². The summed E-state index contributed by atoms with van der Waals surface area (Å²) in [4.78, 5) is 39.7. The number of carbonyl (C=O) groups excluding carboxylic acids is 2. The Morgan fingerprint density at radius 1 is 1.00 bits per heavy atom. The first kappa shape index (κ1) is 23.0. The monoisotopic (exact) mass is 519 g/mol. The van der Waals surface area contributed by atoms with Gasteiger partial charge in [0.25, 0.3) is 0 Å². The summed E-state index contributed by atoms with van der Waals surface area (Å²) in [5.74, 6) is -0.312. The normalized spacial score (nSPS) is 17.3. The SMILES string of the molecule is COc1ccc2occ([C@H]3CC(=O)Oc4ccc5c(c43)O/C(=C\c3cn(C)c4ccccc34)C5=O)c(=O)c2c1. The third-order valence-electron chi connectivity index (χ3n) is 7.38. The number of ether oxygens (including phenoxy) is 3. The van der Waals surface area contributed by atoms with Gasteiger partial charge in [0, 0.05) is 46.8 Å². The first-order valence-electron chi connectivity index (χ1n) is 12.4. The van der Waals surface area contributed by atoms with Gasteiger partial charge in [-0.2, -0.15) is 0 Å². The predicted octanol–water partition coefficient (Wildman–Crippen LogP) is 5.35. The fourth-order valence-electron chi connectivity index (χ4n) is 5.49. The van der Waals surface area contributed by atoms with Crippen molar-refractivity contribution in [2.24, 2.45) is 7.05 Å². The number of aryl methyl sites for hydroxylation is 1. The highest BCUT2D eigenvalue weighted by molar-refractivity contribution is 6.15. The van der Waals surface area contributed by atoms with Crippen molar-refractivity contribution in [1.82, 2.24) is 4.57 Å². The molecule has 192 valence electrons. The van der Waals surface area contributed by atoms with E-state index in [4.69, 9.17) is 18.6 Å². The van der Waals surface area contributed by atoms with E-state index in [2.05, 4.69) is 0 Å². The van der Waals surface area contributed by atoms with E-state index in [0.717, 1.165) is 16.5 Å². The van der Waals surface area contributed by atoms with Gasteiger partial charge in [0.2, 0.25) is 5.78 Å². The summed E-state index contributed by atoms with van der Waals surface area (Å²) in [6.45, 7) is 0. The van der Waals surface area contributed by atoms with Crippen LogP contribution >= 0.6 is 0 Å². The van der Waals surface area contributed by atoms with Gasteiger partial charge in [-0.05, 0) is 42.5 Å². The smallest absolute Gasteiger partial charge is 0.312 e. The number of nitrogens with zero attached hydrogens (tertiary/aromatic N) is 1. The molecule has 39 heavy (non-hydrogen) atoms. The fraction of sp³-hybridized carbons (Fsp3) is 0.129. The van der Waals surface area contributed by atoms with Crippen molar-refractivity contribution in [3.05, 3.63) is 105 Å². The molecule has 0 aliphatic carbocycles. The number of esters is 1. The number of methoxy groups -OCH3 is 1. The minimum atomic E-state index is -0.729. The number of ketones is 1. The van der Waals surface area contributed by atoms with E-state index < -0.39 is 11.9 Å². The van der Waals surface area contributed by atoms with Crippen LogP contribution in [0.5, 0.6) is 17.2 Å². The van der Waals surface area contributed by atoms with Gasteiger partial charge in [-0.15, -0.1) is 0 Å². The van der Waals surface area contributed by atoms with Crippen molar-refractivity contribution in [2.75, 3.05) is 7.11 Å². The first-order valence-corrected chi connectivity index (χ1v) is 12.4. The van der Waals surface area contributed by atoms with Crippen LogP contribution in [0.2, 0.25) is 0 Å². The number of rotatable bonds is 3. The topological polar surface area (TPSA) is 97.0 Å². The van der Waals surface area contributed by atoms with Gasteiger partial charge in [0.1, 0.15) is 22.8 Å². The highest BCUT2D eigenvalue weighted by atomic mass is 16.5. The Labute approximate surface area is 221 Å². The van der Waals surface area contributed by atoms with E-state index in [9.17, 15) is 14.4 Å². The van der Waals surface area contributed by atoms with Crippen LogP contribution in [0.15, 0.2) is 82.0 Å². The number of aromatic nitrogens is 1. The number of benzene rings is 3. The molecule has 0 bridgehead atoms. The summed E-state index contributed by atoms with van der Waals surface area (Å²) in [6.07, 6.45) is 4.92. The van der Waals surface area contributed by atoms with E-state index in [-0.39, 0.29) is 40.5 Å². The third kappa shape index (κ3) is 3.49. The molecule has 2 aromatic heterocycles. The zero-order valence-corrected chi connectivity index (χ0v) is 21.0. The van der Waals surface area contributed by atoms with Crippen LogP contribution in [-0.2, 0) is 11.8 Å². The maximum absolute atomic E-state index is 13.6. The van der Waals surface area contributed by atoms with Gasteiger partial charge >= 0.3 is 5.97 Å². The maximum Gasteiger partial charge on any atom is 0.312 e. The Bertz CT molecular complexity index is 1960. The average Bonchev–Trinajstić information content (AvgIpc) is 3.44. The highest BCUT2D eigenvalue weighted by Gasteiger charge is 2.39. The molecule has 1 atom stereocenters. The number of allylic oxidation sites excluding steroid dienone is 1. The van der Waals surface area contributed by atoms with Gasteiger partial charge in [-0.1, -0.05) is 18.2 Å². The molecule has 8 heteroatoms. The lowest BCUT2D eigenvalue weighted by molar-refractivity contribution is -0.135. The van der Waals surface area contributed by atoms with Crippen molar-refractivity contribution >= 4 is 39.7 Å². The second kappa shape index (κ2) is 8.46. The van der Waals surface area contributed by atoms with Crippen molar-refractivity contribution < 1.29 is 28.2 Å². The van der Waals surface area contributed by atoms with E-state index >= 15 is 0 Å². The zero-order chi connectivity index (χ0) is 26.8. The Hall–Kier alpha value is -5.11. The van der Waals surface area contributed by atoms with Crippen molar-refractivity contribution in [3.8, 4) is 17.2 Å². The summed E-state index contributed by atoms with van der Waals surface area (Å²) < 4.78 is 24.8. The van der Waals surface area contributed by atoms with E-state index in [1.54, 1.807) is 36.4 Å². The number of hydrogen-bond acceptors (Lipinski definition) is 7. The van der Waals surface area contributed by atoms with Gasteiger partial charge in [0.15, 0.2) is 11.2 Å². The van der Waals surface area contributed by atoms with Gasteiger partial charge in [-0.3, -0.25) is 14.4 Å². The molecular formula is C31H21NO7. The summed E-state index contributed by atoms with van der Waals surface area (Å²) in [5.41, 5.74) is 3.04. The molecule has 5 aromatic rings. The lowest BCUT2D eigenvalue weighted by atomic mass is 9.85. The number of carbonyl (C=O) groups is 2. The number of hydrogen-bond donors (Lipinski definition) is 0. The molecule has 0 N–H and O–H groups in total. The molecule has 0 spiro atoms. The second-order valence-corrected chi connectivity index (χ2v) is 9.62. The van der Waals surface area contributed by atoms with Crippen LogP contribution in [0.4, 0.5) is 0 Å². The van der Waals surface area contributed by atoms with Crippen LogP contribution in [-0.4, -0.2) is 23.4 Å². The molecule has 8 nitrogen and oxygen atoms in total. The minimum absolute atomic E-state index is 0.108. The standard InChI is InChI=1S/C31H21NO7/c1-32-14-16(18-5-3-4-6-23(18)32)11-26-30(35)19-8-10-25-28(31(19)39-26)20(13-27(33)38-25)22-15-37-24-9-7-17(36-2)12-21(24)29(22)34/h3-12,14-15,20H,13H2,1-2H3/b26-11-/t20-/m1/s1. The largest absolute Gasteiger partial charge is 0.497 e. The predicted molar refractivity (Wildman–Crippen MR) is 143 cm³/mol. The Kier molecular flexibility index (Phi) is 5.00. The number of Topliss-reactive ketones (excluding diaryl/α,β-unsaturated/α-hetero) is 1. The van der Waals surface area contributed by atoms with Gasteiger partial charge < -0.3 is 23.2 Å². The lowest BCUT2D eigenvalue weighted by Gasteiger charge is -2.25. The molecule has 3 aromatic carbocycles. The van der Waals surface area contributed by atoms with E-state index in [1.165, 1.54) is 13.4 Å². The Balaban J connectivity index is 1.37. The second-order valence-electron chi connectivity index (χ2n) is 9.62. The number of para-hydroxylation sites is 1. The molecule has 2 aliphatic rings. The van der Waals surface area contributed by atoms with Crippen molar-refractivity contribution in [1.29, 1.82) is 0 Å². The summed E-state index contributed by atoms with van der Waals surface area (Å²) >= 11 is 0. The zero-order valence-electron chi connectivity index (χ0n) is 21.0. The molecule has 2 aliphatic heterocycles. The first-order chi connectivity index (χ1) is 18.9. The minimum Gasteiger partial charge on any atom is -0.497 e.